The van der Waals surface area contributed by atoms with Crippen molar-refractivity contribution < 1.29 is 4.79 Å². The van der Waals surface area contributed by atoms with Crippen LogP contribution in [0.15, 0.2) is 12.2 Å². The smallest absolute Gasteiger partial charge is 0.147 e. The second-order valence-corrected chi connectivity index (χ2v) is 3.07. The molecule has 0 aliphatic rings. The van der Waals surface area contributed by atoms with Crippen LogP contribution in [-0.2, 0) is 4.79 Å². The average Bonchev–Trinajstić information content (AvgIpc) is 1.98. The highest BCUT2D eigenvalue weighted by Gasteiger charge is 2.03. The molecule has 0 aromatic carbocycles. The topological polar surface area (TPSA) is 43.1 Å². The molecule has 0 aliphatic carbocycles. The van der Waals surface area contributed by atoms with Gasteiger partial charge in [0.2, 0.25) is 0 Å². The quantitative estimate of drug-likeness (QED) is 0.477. The number of nitrogens with two attached hydrogens (primary N) is 1. The molecule has 2 nitrogen and oxygen atoms in total. The molecule has 0 amide bonds. The zero-order valence-corrected chi connectivity index (χ0v) is 6.99. The van der Waals surface area contributed by atoms with Gasteiger partial charge in [0.05, 0.1) is 0 Å². The van der Waals surface area contributed by atoms with Crippen LogP contribution in [0, 0.1) is 0 Å². The standard InChI is InChI=1S/C7H13NOS/c1-6(5-9)7(8)3-4-10-2/h5,7H,1,3-4,8H2,2H3/t7-/m0/s1. The van der Waals surface area contributed by atoms with E-state index in [2.05, 4.69) is 6.58 Å². The molecule has 3 heteroatoms. The van der Waals surface area contributed by atoms with Gasteiger partial charge in [0.15, 0.2) is 0 Å². The number of carbonyl (C=O) groups excluding carboxylic acids is 1. The minimum absolute atomic E-state index is 0.148. The number of carbonyl (C=O) groups is 1. The third-order valence-electron chi connectivity index (χ3n) is 1.26. The first-order valence-electron chi connectivity index (χ1n) is 3.11. The lowest BCUT2D eigenvalue weighted by Gasteiger charge is -2.07. The second-order valence-electron chi connectivity index (χ2n) is 2.08. The van der Waals surface area contributed by atoms with E-state index in [0.29, 0.717) is 5.57 Å². The fourth-order valence-electron chi connectivity index (χ4n) is 0.518. The normalized spacial score (nSPS) is 12.6. The maximum Gasteiger partial charge on any atom is 0.147 e. The van der Waals surface area contributed by atoms with Gasteiger partial charge in [0.1, 0.15) is 6.29 Å². The second kappa shape index (κ2) is 5.50. The van der Waals surface area contributed by atoms with E-state index in [-0.39, 0.29) is 6.04 Å². The van der Waals surface area contributed by atoms with E-state index in [9.17, 15) is 4.79 Å². The number of hydrogen-bond acceptors (Lipinski definition) is 3. The van der Waals surface area contributed by atoms with Gasteiger partial charge >= 0.3 is 0 Å². The Hall–Kier alpha value is -0.280. The third-order valence-corrected chi connectivity index (χ3v) is 1.90. The maximum atomic E-state index is 10.1. The van der Waals surface area contributed by atoms with Crippen LogP contribution in [-0.4, -0.2) is 24.3 Å². The summed E-state index contributed by atoms with van der Waals surface area (Å²) in [5, 5.41) is 0. The summed E-state index contributed by atoms with van der Waals surface area (Å²) in [6.45, 7) is 3.52. The van der Waals surface area contributed by atoms with Gasteiger partial charge in [-0.25, -0.2) is 0 Å². The van der Waals surface area contributed by atoms with Gasteiger partial charge in [0, 0.05) is 11.6 Å². The Bertz CT molecular complexity index is 125. The zero-order chi connectivity index (χ0) is 7.98. The fraction of sp³-hybridized carbons (Fsp3) is 0.571. The average molecular weight is 159 g/mol. The fourth-order valence-corrected chi connectivity index (χ4v) is 1.01. The Balaban J connectivity index is 3.51. The van der Waals surface area contributed by atoms with Crippen molar-refractivity contribution in [2.24, 2.45) is 5.73 Å². The van der Waals surface area contributed by atoms with Crippen LogP contribution in [0.2, 0.25) is 0 Å². The molecule has 0 radical (unpaired) electrons. The predicted molar refractivity (Wildman–Crippen MR) is 46.2 cm³/mol. The van der Waals surface area contributed by atoms with Gasteiger partial charge in [-0.05, 0) is 18.4 Å². The highest BCUT2D eigenvalue weighted by molar-refractivity contribution is 7.98. The van der Waals surface area contributed by atoms with E-state index < -0.39 is 0 Å². The van der Waals surface area contributed by atoms with Crippen molar-refractivity contribution in [3.63, 3.8) is 0 Å². The summed E-state index contributed by atoms with van der Waals surface area (Å²) in [5.74, 6) is 0.980. The Morgan fingerprint density at radius 1 is 1.90 bits per heavy atom. The van der Waals surface area contributed by atoms with Crippen LogP contribution >= 0.6 is 11.8 Å². The highest BCUT2D eigenvalue weighted by Crippen LogP contribution is 2.03. The summed E-state index contributed by atoms with van der Waals surface area (Å²) in [7, 11) is 0. The van der Waals surface area contributed by atoms with Crippen molar-refractivity contribution in [3.05, 3.63) is 12.2 Å². The number of thioether (sulfide) groups is 1. The van der Waals surface area contributed by atoms with Crippen molar-refractivity contribution >= 4 is 18.0 Å². The molecule has 0 aromatic rings. The van der Waals surface area contributed by atoms with Gasteiger partial charge in [0.25, 0.3) is 0 Å². The lowest BCUT2D eigenvalue weighted by molar-refractivity contribution is -0.105. The molecule has 0 heterocycles. The minimum atomic E-state index is -0.148. The van der Waals surface area contributed by atoms with Crippen LogP contribution in [0.3, 0.4) is 0 Å². The predicted octanol–water partition coefficient (Wildman–Crippen LogP) is 0.822. The lowest BCUT2D eigenvalue weighted by Crippen LogP contribution is -2.23. The highest BCUT2D eigenvalue weighted by atomic mass is 32.2. The maximum absolute atomic E-state index is 10.1. The van der Waals surface area contributed by atoms with E-state index in [1.807, 2.05) is 6.26 Å². The molecule has 0 saturated carbocycles. The Morgan fingerprint density at radius 3 is 2.90 bits per heavy atom. The number of aldehydes is 1. The number of rotatable bonds is 5. The van der Waals surface area contributed by atoms with Crippen molar-refractivity contribution in [1.29, 1.82) is 0 Å². The minimum Gasteiger partial charge on any atom is -0.324 e. The summed E-state index contributed by atoms with van der Waals surface area (Å²) in [5.41, 5.74) is 6.06. The molecule has 0 aliphatic heterocycles. The first-order chi connectivity index (χ1) is 4.72. The van der Waals surface area contributed by atoms with Gasteiger partial charge in [-0.3, -0.25) is 4.79 Å². The Kier molecular flexibility index (Phi) is 5.35. The number of hydrogen-bond donors (Lipinski definition) is 1. The molecular weight excluding hydrogens is 146 g/mol. The van der Waals surface area contributed by atoms with E-state index >= 15 is 0 Å². The largest absolute Gasteiger partial charge is 0.324 e. The van der Waals surface area contributed by atoms with Gasteiger partial charge < -0.3 is 5.73 Å². The molecule has 2 N–H and O–H groups in total. The molecule has 0 aromatic heterocycles. The van der Waals surface area contributed by atoms with E-state index in [0.717, 1.165) is 18.5 Å². The van der Waals surface area contributed by atoms with Gasteiger partial charge in [-0.15, -0.1) is 0 Å². The van der Waals surface area contributed by atoms with E-state index in [4.69, 9.17) is 5.73 Å². The van der Waals surface area contributed by atoms with E-state index in [1.165, 1.54) is 0 Å². The van der Waals surface area contributed by atoms with Crippen molar-refractivity contribution in [2.45, 2.75) is 12.5 Å². The van der Waals surface area contributed by atoms with Crippen molar-refractivity contribution in [2.75, 3.05) is 12.0 Å². The zero-order valence-electron chi connectivity index (χ0n) is 6.17. The van der Waals surface area contributed by atoms with Crippen LogP contribution < -0.4 is 5.73 Å². The Labute approximate surface area is 65.9 Å². The molecule has 0 saturated heterocycles. The summed E-state index contributed by atoms with van der Waals surface area (Å²) in [4.78, 5) is 10.1. The molecule has 1 atom stereocenters. The van der Waals surface area contributed by atoms with Gasteiger partial charge in [-0.2, -0.15) is 11.8 Å². The van der Waals surface area contributed by atoms with Crippen molar-refractivity contribution in [1.82, 2.24) is 0 Å². The van der Waals surface area contributed by atoms with E-state index in [1.54, 1.807) is 11.8 Å². The summed E-state index contributed by atoms with van der Waals surface area (Å²) in [6, 6.07) is -0.148. The summed E-state index contributed by atoms with van der Waals surface area (Å²) >= 11 is 1.72. The summed E-state index contributed by atoms with van der Waals surface area (Å²) < 4.78 is 0. The summed E-state index contributed by atoms with van der Waals surface area (Å²) in [6.07, 6.45) is 3.57. The molecule has 10 heavy (non-hydrogen) atoms. The van der Waals surface area contributed by atoms with Gasteiger partial charge in [-0.1, -0.05) is 6.58 Å². The van der Waals surface area contributed by atoms with Crippen molar-refractivity contribution in [3.8, 4) is 0 Å². The molecule has 0 rings (SSSR count). The SMILES string of the molecule is C=C(C=O)[C@@H](N)CCSC. The monoisotopic (exact) mass is 159 g/mol. The molecule has 0 bridgehead atoms. The first kappa shape index (κ1) is 9.72. The first-order valence-corrected chi connectivity index (χ1v) is 4.50. The molecule has 0 unspecified atom stereocenters. The van der Waals surface area contributed by atoms with Crippen LogP contribution in [0.25, 0.3) is 0 Å². The molecule has 0 spiro atoms. The Morgan fingerprint density at radius 2 is 2.50 bits per heavy atom. The van der Waals surface area contributed by atoms with Crippen LogP contribution in [0.1, 0.15) is 6.42 Å². The van der Waals surface area contributed by atoms with Crippen LogP contribution in [0.4, 0.5) is 0 Å². The van der Waals surface area contributed by atoms with Crippen LogP contribution in [0.5, 0.6) is 0 Å². The lowest BCUT2D eigenvalue weighted by atomic mass is 10.1. The molecular formula is C7H13NOS. The molecule has 58 valence electrons. The molecule has 0 fully saturated rings. The third kappa shape index (κ3) is 3.69.